The average molecular weight is 231 g/mol. The van der Waals surface area contributed by atoms with Crippen molar-refractivity contribution in [3.8, 4) is 0 Å². The van der Waals surface area contributed by atoms with Crippen molar-refractivity contribution >= 4 is 22.4 Å². The molecule has 1 unspecified atom stereocenters. The van der Waals surface area contributed by atoms with E-state index >= 15 is 0 Å². The molecule has 0 aromatic heterocycles. The van der Waals surface area contributed by atoms with Gasteiger partial charge in [-0.15, -0.1) is 11.6 Å². The highest BCUT2D eigenvalue weighted by atomic mass is 35.5. The maximum atomic E-state index is 6.42. The molecule has 1 atom stereocenters. The summed E-state index contributed by atoms with van der Waals surface area (Å²) in [6.07, 6.45) is 3.51. The van der Waals surface area contributed by atoms with Gasteiger partial charge in [-0.05, 0) is 53.6 Å². The smallest absolute Gasteiger partial charge is 0.0588 e. The summed E-state index contributed by atoms with van der Waals surface area (Å²) in [5, 5.41) is 3.00. The minimum Gasteiger partial charge on any atom is -0.118 e. The molecule has 2 aromatic carbocycles. The van der Waals surface area contributed by atoms with Crippen LogP contribution in [0, 0.1) is 6.92 Å². The van der Waals surface area contributed by atoms with E-state index in [1.54, 1.807) is 0 Å². The summed E-state index contributed by atoms with van der Waals surface area (Å²) in [5.41, 5.74) is 4.19. The van der Waals surface area contributed by atoms with Gasteiger partial charge in [0.25, 0.3) is 0 Å². The number of alkyl halides is 1. The Kier molecular flexibility index (Phi) is 2.40. The Morgan fingerprint density at radius 3 is 2.75 bits per heavy atom. The fourth-order valence-corrected chi connectivity index (χ4v) is 3.16. The molecule has 1 heteroatoms. The Balaban J connectivity index is 2.38. The first-order valence-corrected chi connectivity index (χ1v) is 6.36. The van der Waals surface area contributed by atoms with E-state index in [-0.39, 0.29) is 5.38 Å². The molecule has 0 aliphatic heterocycles. The first-order valence-electron chi connectivity index (χ1n) is 5.92. The summed E-state index contributed by atoms with van der Waals surface area (Å²) in [5.74, 6) is 0. The molecule has 1 aliphatic carbocycles. The fourth-order valence-electron chi connectivity index (χ4n) is 2.82. The largest absolute Gasteiger partial charge is 0.118 e. The third-order valence-corrected chi connectivity index (χ3v) is 4.07. The Labute approximate surface area is 101 Å². The zero-order valence-electron chi connectivity index (χ0n) is 9.46. The molecule has 1 aliphatic rings. The van der Waals surface area contributed by atoms with Gasteiger partial charge in [0, 0.05) is 0 Å². The molecule has 0 nitrogen and oxygen atoms in total. The van der Waals surface area contributed by atoms with Crippen molar-refractivity contribution in [2.45, 2.75) is 31.6 Å². The van der Waals surface area contributed by atoms with Crippen LogP contribution in [0.4, 0.5) is 0 Å². The maximum Gasteiger partial charge on any atom is 0.0588 e. The van der Waals surface area contributed by atoms with Gasteiger partial charge in [0.2, 0.25) is 0 Å². The van der Waals surface area contributed by atoms with Crippen molar-refractivity contribution in [3.05, 3.63) is 47.0 Å². The van der Waals surface area contributed by atoms with Gasteiger partial charge in [-0.3, -0.25) is 0 Å². The van der Waals surface area contributed by atoms with E-state index in [4.69, 9.17) is 11.6 Å². The van der Waals surface area contributed by atoms with Crippen LogP contribution < -0.4 is 0 Å². The molecule has 82 valence electrons. The number of halogens is 1. The zero-order chi connectivity index (χ0) is 11.1. The summed E-state index contributed by atoms with van der Waals surface area (Å²) in [6.45, 7) is 2.18. The van der Waals surface area contributed by atoms with Crippen LogP contribution in [0.2, 0.25) is 0 Å². The molecule has 0 N–H and O–H groups in total. The van der Waals surface area contributed by atoms with E-state index in [0.717, 1.165) is 6.42 Å². The van der Waals surface area contributed by atoms with Crippen LogP contribution in [0.25, 0.3) is 10.8 Å². The van der Waals surface area contributed by atoms with Gasteiger partial charge >= 0.3 is 0 Å². The quantitative estimate of drug-likeness (QED) is 0.573. The van der Waals surface area contributed by atoms with Crippen LogP contribution in [0.3, 0.4) is 0 Å². The number of hydrogen-bond donors (Lipinski definition) is 0. The Hall–Kier alpha value is -1.01. The third-order valence-electron chi connectivity index (χ3n) is 3.62. The van der Waals surface area contributed by atoms with Crippen molar-refractivity contribution in [2.24, 2.45) is 0 Å². The molecular formula is C15H15Cl. The lowest BCUT2D eigenvalue weighted by molar-refractivity contribution is 0.671. The van der Waals surface area contributed by atoms with Crippen molar-refractivity contribution in [3.63, 3.8) is 0 Å². The Morgan fingerprint density at radius 1 is 1.19 bits per heavy atom. The fraction of sp³-hybridized carbons (Fsp3) is 0.333. The van der Waals surface area contributed by atoms with E-state index in [9.17, 15) is 0 Å². The molecular weight excluding hydrogens is 216 g/mol. The highest BCUT2D eigenvalue weighted by molar-refractivity contribution is 6.21. The SMILES string of the molecule is Cc1cc2c(c3ccccc13)CCCC2Cl. The normalized spacial score (nSPS) is 19.8. The lowest BCUT2D eigenvalue weighted by atomic mass is 9.85. The Morgan fingerprint density at radius 2 is 1.94 bits per heavy atom. The molecule has 0 fully saturated rings. The number of fused-ring (bicyclic) bond motifs is 3. The molecule has 0 heterocycles. The van der Waals surface area contributed by atoms with Gasteiger partial charge in [0.15, 0.2) is 0 Å². The van der Waals surface area contributed by atoms with E-state index < -0.39 is 0 Å². The van der Waals surface area contributed by atoms with Gasteiger partial charge in [-0.1, -0.05) is 30.3 Å². The van der Waals surface area contributed by atoms with E-state index in [1.807, 2.05) is 0 Å². The monoisotopic (exact) mass is 230 g/mol. The van der Waals surface area contributed by atoms with Gasteiger partial charge in [-0.2, -0.15) is 0 Å². The standard InChI is InChI=1S/C15H15Cl/c1-10-9-14-13(7-4-8-15(14)16)12-6-3-2-5-11(10)12/h2-3,5-6,9,15H,4,7-8H2,1H3. The van der Waals surface area contributed by atoms with Gasteiger partial charge < -0.3 is 0 Å². The van der Waals surface area contributed by atoms with Crippen LogP contribution in [0.5, 0.6) is 0 Å². The molecule has 2 aromatic rings. The molecule has 0 saturated heterocycles. The summed E-state index contributed by atoms with van der Waals surface area (Å²) in [6, 6.07) is 11.0. The number of rotatable bonds is 0. The summed E-state index contributed by atoms with van der Waals surface area (Å²) < 4.78 is 0. The lowest BCUT2D eigenvalue weighted by Gasteiger charge is -2.23. The predicted octanol–water partition coefficient (Wildman–Crippen LogP) is 4.76. The second kappa shape index (κ2) is 3.78. The highest BCUT2D eigenvalue weighted by Crippen LogP contribution is 2.39. The van der Waals surface area contributed by atoms with E-state index in [1.165, 1.54) is 40.3 Å². The third kappa shape index (κ3) is 1.44. The van der Waals surface area contributed by atoms with Crippen molar-refractivity contribution in [1.29, 1.82) is 0 Å². The molecule has 0 radical (unpaired) electrons. The topological polar surface area (TPSA) is 0 Å². The summed E-state index contributed by atoms with van der Waals surface area (Å²) in [7, 11) is 0. The van der Waals surface area contributed by atoms with Gasteiger partial charge in [0.05, 0.1) is 5.38 Å². The number of hydrogen-bond acceptors (Lipinski definition) is 0. The van der Waals surface area contributed by atoms with Crippen LogP contribution >= 0.6 is 11.6 Å². The Bertz CT molecular complexity index is 542. The zero-order valence-corrected chi connectivity index (χ0v) is 10.2. The van der Waals surface area contributed by atoms with Crippen LogP contribution in [-0.2, 0) is 6.42 Å². The minimum atomic E-state index is 0.215. The molecule has 0 saturated carbocycles. The van der Waals surface area contributed by atoms with Crippen molar-refractivity contribution < 1.29 is 0 Å². The van der Waals surface area contributed by atoms with Crippen molar-refractivity contribution in [2.75, 3.05) is 0 Å². The highest BCUT2D eigenvalue weighted by Gasteiger charge is 2.20. The number of aryl methyl sites for hydroxylation is 2. The summed E-state index contributed by atoms with van der Waals surface area (Å²) in [4.78, 5) is 0. The van der Waals surface area contributed by atoms with Crippen LogP contribution in [-0.4, -0.2) is 0 Å². The molecule has 0 amide bonds. The number of benzene rings is 2. The van der Waals surface area contributed by atoms with E-state index in [2.05, 4.69) is 37.3 Å². The molecule has 0 spiro atoms. The molecule has 0 bridgehead atoms. The van der Waals surface area contributed by atoms with Crippen molar-refractivity contribution in [1.82, 2.24) is 0 Å². The lowest BCUT2D eigenvalue weighted by Crippen LogP contribution is -2.06. The predicted molar refractivity (Wildman–Crippen MR) is 70.2 cm³/mol. The second-order valence-electron chi connectivity index (χ2n) is 4.67. The second-order valence-corrected chi connectivity index (χ2v) is 5.19. The maximum absolute atomic E-state index is 6.42. The summed E-state index contributed by atoms with van der Waals surface area (Å²) >= 11 is 6.42. The first-order chi connectivity index (χ1) is 7.77. The molecule has 16 heavy (non-hydrogen) atoms. The van der Waals surface area contributed by atoms with Gasteiger partial charge in [0.1, 0.15) is 0 Å². The molecule has 3 rings (SSSR count). The average Bonchev–Trinajstić information content (AvgIpc) is 2.31. The van der Waals surface area contributed by atoms with Crippen LogP contribution in [0.1, 0.15) is 34.9 Å². The van der Waals surface area contributed by atoms with Gasteiger partial charge in [-0.25, -0.2) is 0 Å². The minimum absolute atomic E-state index is 0.215. The van der Waals surface area contributed by atoms with Crippen LogP contribution in [0.15, 0.2) is 30.3 Å². The van der Waals surface area contributed by atoms with E-state index in [0.29, 0.717) is 0 Å². The first kappa shape index (κ1) is 10.2.